The summed E-state index contributed by atoms with van der Waals surface area (Å²) in [5.41, 5.74) is 0.413. The predicted octanol–water partition coefficient (Wildman–Crippen LogP) is 2.73. The zero-order chi connectivity index (χ0) is 17.3. The maximum atomic E-state index is 12.1. The molecule has 2 aromatic carbocycles. The van der Waals surface area contributed by atoms with Gasteiger partial charge in [0.1, 0.15) is 5.76 Å². The van der Waals surface area contributed by atoms with Crippen molar-refractivity contribution in [2.75, 3.05) is 0 Å². The number of nitro groups is 1. The van der Waals surface area contributed by atoms with Crippen LogP contribution in [0.5, 0.6) is 0 Å². The number of carbonyl (C=O) groups excluding carboxylic acids is 2. The van der Waals surface area contributed by atoms with Crippen LogP contribution < -0.4 is 0 Å². The van der Waals surface area contributed by atoms with Crippen LogP contribution in [0, 0.1) is 10.1 Å². The fourth-order valence-corrected chi connectivity index (χ4v) is 2.44. The first kappa shape index (κ1) is 15.4. The van der Waals surface area contributed by atoms with Crippen LogP contribution in [0.1, 0.15) is 17.2 Å². The van der Waals surface area contributed by atoms with E-state index in [1.54, 1.807) is 30.3 Å². The Labute approximate surface area is 136 Å². The molecule has 1 aliphatic heterocycles. The van der Waals surface area contributed by atoms with E-state index in [2.05, 4.69) is 0 Å². The molecule has 0 bridgehead atoms. The molecule has 1 N–H and O–H groups in total. The van der Waals surface area contributed by atoms with Gasteiger partial charge in [-0.2, -0.15) is 0 Å². The number of Topliss-reactive ketones (excluding diaryl/α,β-unsaturated/α-hetero) is 1. The van der Waals surface area contributed by atoms with Crippen LogP contribution in [-0.4, -0.2) is 21.8 Å². The highest BCUT2D eigenvalue weighted by atomic mass is 16.6. The average molecular weight is 325 g/mol. The molecule has 7 heteroatoms. The number of rotatable bonds is 3. The topological polar surface area (TPSA) is 107 Å². The van der Waals surface area contributed by atoms with Crippen molar-refractivity contribution >= 4 is 23.2 Å². The van der Waals surface area contributed by atoms with Crippen molar-refractivity contribution < 1.29 is 24.4 Å². The zero-order valence-corrected chi connectivity index (χ0v) is 12.2. The summed E-state index contributed by atoms with van der Waals surface area (Å²) < 4.78 is 5.04. The number of non-ortho nitro benzene ring substituents is 1. The zero-order valence-electron chi connectivity index (χ0n) is 12.2. The molecule has 120 valence electrons. The average Bonchev–Trinajstić information content (AvgIpc) is 2.90. The molecule has 2 aromatic rings. The molecule has 1 atom stereocenters. The van der Waals surface area contributed by atoms with Gasteiger partial charge < -0.3 is 9.84 Å². The molecule has 24 heavy (non-hydrogen) atoms. The number of cyclic esters (lactones) is 1. The van der Waals surface area contributed by atoms with Gasteiger partial charge in [-0.3, -0.25) is 14.9 Å². The van der Waals surface area contributed by atoms with Crippen LogP contribution in [0.4, 0.5) is 5.69 Å². The Kier molecular flexibility index (Phi) is 3.83. The van der Waals surface area contributed by atoms with Gasteiger partial charge in [-0.05, 0) is 17.7 Å². The summed E-state index contributed by atoms with van der Waals surface area (Å²) in [4.78, 5) is 33.9. The number of hydrogen-bond acceptors (Lipinski definition) is 6. The highest BCUT2D eigenvalue weighted by Gasteiger charge is 2.42. The van der Waals surface area contributed by atoms with Gasteiger partial charge in [0.15, 0.2) is 6.10 Å². The number of nitrogens with zero attached hydrogens (tertiary/aromatic N) is 1. The minimum Gasteiger partial charge on any atom is -0.507 e. The van der Waals surface area contributed by atoms with Crippen LogP contribution in [-0.2, 0) is 14.3 Å². The summed E-state index contributed by atoms with van der Waals surface area (Å²) >= 11 is 0. The number of ether oxygens (including phenoxy) is 1. The Bertz CT molecular complexity index is 854. The number of aliphatic hydroxyl groups excluding tert-OH is 1. The number of hydrogen-bond donors (Lipinski definition) is 1. The summed E-state index contributed by atoms with van der Waals surface area (Å²) in [6.07, 6.45) is -1.11. The Morgan fingerprint density at radius 2 is 1.67 bits per heavy atom. The van der Waals surface area contributed by atoms with Crippen molar-refractivity contribution in [3.05, 3.63) is 81.4 Å². The number of nitro benzene ring substituents is 1. The molecule has 0 amide bonds. The molecule has 0 spiro atoms. The molecule has 7 nitrogen and oxygen atoms in total. The van der Waals surface area contributed by atoms with Crippen LogP contribution in [0.25, 0.3) is 5.76 Å². The van der Waals surface area contributed by atoms with Crippen molar-refractivity contribution in [3.63, 3.8) is 0 Å². The normalized spacial score (nSPS) is 19.1. The number of ketones is 1. The lowest BCUT2D eigenvalue weighted by Gasteiger charge is -2.12. The van der Waals surface area contributed by atoms with Crippen molar-refractivity contribution in [1.29, 1.82) is 0 Å². The van der Waals surface area contributed by atoms with E-state index in [1.807, 2.05) is 0 Å². The summed E-state index contributed by atoms with van der Waals surface area (Å²) in [5, 5.41) is 21.1. The van der Waals surface area contributed by atoms with Gasteiger partial charge in [0, 0.05) is 17.7 Å². The van der Waals surface area contributed by atoms with E-state index >= 15 is 0 Å². The molecule has 1 saturated heterocycles. The van der Waals surface area contributed by atoms with Gasteiger partial charge in [0.25, 0.3) is 11.5 Å². The highest BCUT2D eigenvalue weighted by molar-refractivity contribution is 6.44. The van der Waals surface area contributed by atoms with E-state index in [4.69, 9.17) is 4.74 Å². The van der Waals surface area contributed by atoms with E-state index in [9.17, 15) is 24.8 Å². The van der Waals surface area contributed by atoms with Crippen LogP contribution in [0.15, 0.2) is 60.2 Å². The molecular formula is C17H11NO6. The quantitative estimate of drug-likeness (QED) is 0.232. The summed E-state index contributed by atoms with van der Waals surface area (Å²) in [5.74, 6) is -2.36. The Morgan fingerprint density at radius 3 is 2.25 bits per heavy atom. The highest BCUT2D eigenvalue weighted by Crippen LogP contribution is 2.37. The smallest absolute Gasteiger partial charge is 0.380 e. The first-order valence-corrected chi connectivity index (χ1v) is 6.97. The van der Waals surface area contributed by atoms with Crippen molar-refractivity contribution in [1.82, 2.24) is 0 Å². The van der Waals surface area contributed by atoms with E-state index in [1.165, 1.54) is 24.3 Å². The summed E-state index contributed by atoms with van der Waals surface area (Å²) in [6, 6.07) is 13.5. The largest absolute Gasteiger partial charge is 0.507 e. The summed E-state index contributed by atoms with van der Waals surface area (Å²) in [7, 11) is 0. The molecule has 0 saturated carbocycles. The van der Waals surface area contributed by atoms with Gasteiger partial charge in [0.05, 0.1) is 10.5 Å². The number of benzene rings is 2. The Morgan fingerprint density at radius 1 is 1.04 bits per heavy atom. The Balaban J connectivity index is 2.07. The van der Waals surface area contributed by atoms with Gasteiger partial charge >= 0.3 is 5.97 Å². The van der Waals surface area contributed by atoms with Crippen molar-refractivity contribution in [3.8, 4) is 0 Å². The number of esters is 1. The standard InChI is InChI=1S/C17H11NO6/c19-14(10-4-2-1-3-5-10)13-15(20)17(21)24-16(13)11-6-8-12(9-7-11)18(22)23/h1-9,16,19H/b14-13-/t16-/m1/s1. The van der Waals surface area contributed by atoms with E-state index in [-0.39, 0.29) is 17.0 Å². The van der Waals surface area contributed by atoms with E-state index in [0.717, 1.165) is 0 Å². The van der Waals surface area contributed by atoms with E-state index in [0.29, 0.717) is 11.1 Å². The third-order valence-electron chi connectivity index (χ3n) is 3.63. The van der Waals surface area contributed by atoms with Crippen LogP contribution in [0.2, 0.25) is 0 Å². The van der Waals surface area contributed by atoms with E-state index < -0.39 is 22.8 Å². The second kappa shape index (κ2) is 5.96. The lowest BCUT2D eigenvalue weighted by atomic mass is 9.96. The van der Waals surface area contributed by atoms with Gasteiger partial charge in [-0.1, -0.05) is 30.3 Å². The predicted molar refractivity (Wildman–Crippen MR) is 82.9 cm³/mol. The first-order chi connectivity index (χ1) is 11.5. The molecule has 3 rings (SSSR count). The minimum atomic E-state index is -1.11. The lowest BCUT2D eigenvalue weighted by Crippen LogP contribution is -2.08. The minimum absolute atomic E-state index is 0.132. The summed E-state index contributed by atoms with van der Waals surface area (Å²) in [6.45, 7) is 0. The molecule has 0 radical (unpaired) electrons. The maximum Gasteiger partial charge on any atom is 0.380 e. The van der Waals surface area contributed by atoms with Gasteiger partial charge in [0.2, 0.25) is 0 Å². The number of aliphatic hydroxyl groups is 1. The maximum absolute atomic E-state index is 12.1. The van der Waals surface area contributed by atoms with Gasteiger partial charge in [-0.25, -0.2) is 4.79 Å². The monoisotopic (exact) mass is 325 g/mol. The fraction of sp³-hybridized carbons (Fsp3) is 0.0588. The third kappa shape index (κ3) is 2.63. The first-order valence-electron chi connectivity index (χ1n) is 6.97. The van der Waals surface area contributed by atoms with Gasteiger partial charge in [-0.15, -0.1) is 0 Å². The van der Waals surface area contributed by atoms with Crippen molar-refractivity contribution in [2.24, 2.45) is 0 Å². The van der Waals surface area contributed by atoms with Crippen LogP contribution >= 0.6 is 0 Å². The lowest BCUT2D eigenvalue weighted by molar-refractivity contribution is -0.384. The third-order valence-corrected chi connectivity index (χ3v) is 3.63. The molecule has 0 aliphatic carbocycles. The molecule has 1 heterocycles. The SMILES string of the molecule is O=C1O[C@H](c2ccc([N+](=O)[O-])cc2)/C(=C(\O)c2ccccc2)C1=O. The molecular weight excluding hydrogens is 314 g/mol. The van der Waals surface area contributed by atoms with Crippen molar-refractivity contribution in [2.45, 2.75) is 6.10 Å². The Hall–Kier alpha value is -3.48. The number of carbonyl (C=O) groups is 2. The second-order valence-electron chi connectivity index (χ2n) is 5.09. The fourth-order valence-electron chi connectivity index (χ4n) is 2.44. The molecule has 0 aromatic heterocycles. The van der Waals surface area contributed by atoms with Crippen LogP contribution in [0.3, 0.4) is 0 Å². The molecule has 1 fully saturated rings. The molecule has 1 aliphatic rings. The molecule has 0 unspecified atom stereocenters. The second-order valence-corrected chi connectivity index (χ2v) is 5.09.